The molecule has 0 aliphatic heterocycles. The van der Waals surface area contributed by atoms with Gasteiger partial charge in [0.1, 0.15) is 11.5 Å². The first kappa shape index (κ1) is 26.5. The number of aromatic amines is 1. The predicted octanol–water partition coefficient (Wildman–Crippen LogP) is 4.87. The molecule has 1 heterocycles. The Kier molecular flexibility index (Phi) is 9.93. The number of H-pyrrole nitrogens is 1. The van der Waals surface area contributed by atoms with Crippen LogP contribution < -0.4 is 20.3 Å². The van der Waals surface area contributed by atoms with Gasteiger partial charge in [-0.2, -0.15) is 0 Å². The van der Waals surface area contributed by atoms with Gasteiger partial charge < -0.3 is 29.6 Å². The summed E-state index contributed by atoms with van der Waals surface area (Å²) >= 11 is 5.79. The average Bonchev–Trinajstić information content (AvgIpc) is 2.87. The zero-order valence-corrected chi connectivity index (χ0v) is 21.9. The van der Waals surface area contributed by atoms with Crippen molar-refractivity contribution in [2.45, 2.75) is 33.7 Å². The molecule has 0 aliphatic rings. The third-order valence-corrected chi connectivity index (χ3v) is 6.35. The van der Waals surface area contributed by atoms with E-state index in [0.717, 1.165) is 60.7 Å². The van der Waals surface area contributed by atoms with Crippen LogP contribution in [0.15, 0.2) is 53.3 Å². The van der Waals surface area contributed by atoms with Gasteiger partial charge in [-0.25, -0.2) is 0 Å². The largest absolute Gasteiger partial charge is 0.497 e. The molecular formula is C27H36N4O3S. The second-order valence-corrected chi connectivity index (χ2v) is 8.65. The number of nitrogens with zero attached hydrogens (tertiary/aromatic N) is 2. The summed E-state index contributed by atoms with van der Waals surface area (Å²) in [5.74, 6) is 1.57. The van der Waals surface area contributed by atoms with E-state index in [0.29, 0.717) is 23.8 Å². The quantitative estimate of drug-likeness (QED) is 0.347. The molecule has 0 aliphatic carbocycles. The first-order valence-corrected chi connectivity index (χ1v) is 12.6. The van der Waals surface area contributed by atoms with E-state index in [1.54, 1.807) is 7.11 Å². The monoisotopic (exact) mass is 496 g/mol. The summed E-state index contributed by atoms with van der Waals surface area (Å²) in [5.41, 5.74) is 2.21. The molecule has 8 heteroatoms. The van der Waals surface area contributed by atoms with Crippen molar-refractivity contribution in [2.75, 3.05) is 45.2 Å². The number of fused-ring (bicyclic) bond motifs is 1. The van der Waals surface area contributed by atoms with Crippen LogP contribution >= 0.6 is 12.2 Å². The highest BCUT2D eigenvalue weighted by Gasteiger charge is 2.15. The lowest BCUT2D eigenvalue weighted by Crippen LogP contribution is -2.38. The first-order valence-electron chi connectivity index (χ1n) is 12.2. The van der Waals surface area contributed by atoms with Crippen molar-refractivity contribution in [2.24, 2.45) is 0 Å². The van der Waals surface area contributed by atoms with Gasteiger partial charge in [-0.05, 0) is 93.7 Å². The second kappa shape index (κ2) is 13.1. The Balaban J connectivity index is 1.81. The van der Waals surface area contributed by atoms with E-state index in [1.807, 2.05) is 55.5 Å². The molecule has 2 N–H and O–H groups in total. The molecule has 3 rings (SSSR count). The maximum atomic E-state index is 12.9. The zero-order valence-electron chi connectivity index (χ0n) is 21.1. The standard InChI is InChI=1S/C27H36N4O3S/c1-5-30(6-2)15-8-16-31(27(35)28-22-9-11-23(12-10-22)34-7-3)19-21-17-20-18-24(33-4)13-14-25(20)29-26(21)32/h9-14,17-18H,5-8,15-16,19H2,1-4H3,(H,28,35)(H,29,32). The van der Waals surface area contributed by atoms with Crippen molar-refractivity contribution in [3.05, 3.63) is 64.4 Å². The summed E-state index contributed by atoms with van der Waals surface area (Å²) in [6, 6.07) is 15.3. The highest BCUT2D eigenvalue weighted by Crippen LogP contribution is 2.20. The number of aromatic nitrogens is 1. The topological polar surface area (TPSA) is 69.8 Å². The summed E-state index contributed by atoms with van der Waals surface area (Å²) < 4.78 is 10.9. The summed E-state index contributed by atoms with van der Waals surface area (Å²) in [5, 5.41) is 4.83. The molecular weight excluding hydrogens is 460 g/mol. The third kappa shape index (κ3) is 7.44. The minimum Gasteiger partial charge on any atom is -0.497 e. The molecule has 2 aromatic carbocycles. The van der Waals surface area contributed by atoms with Crippen LogP contribution in [-0.2, 0) is 6.54 Å². The molecule has 0 fully saturated rings. The number of methoxy groups -OCH3 is 1. The van der Waals surface area contributed by atoms with Gasteiger partial charge in [0.2, 0.25) is 0 Å². The van der Waals surface area contributed by atoms with E-state index in [9.17, 15) is 4.79 Å². The van der Waals surface area contributed by atoms with Gasteiger partial charge in [-0.1, -0.05) is 13.8 Å². The molecule has 0 unspecified atom stereocenters. The summed E-state index contributed by atoms with van der Waals surface area (Å²) in [4.78, 5) is 20.3. The van der Waals surface area contributed by atoms with Crippen molar-refractivity contribution in [1.82, 2.24) is 14.8 Å². The maximum absolute atomic E-state index is 12.9. The molecule has 3 aromatic rings. The molecule has 0 saturated carbocycles. The molecule has 0 radical (unpaired) electrons. The Labute approximate surface area is 213 Å². The Bertz CT molecular complexity index is 1160. The van der Waals surface area contributed by atoms with Gasteiger partial charge in [-0.3, -0.25) is 4.79 Å². The van der Waals surface area contributed by atoms with Crippen molar-refractivity contribution < 1.29 is 9.47 Å². The summed E-state index contributed by atoms with van der Waals surface area (Å²) in [7, 11) is 1.64. The fraction of sp³-hybridized carbons (Fsp3) is 0.407. The molecule has 7 nitrogen and oxygen atoms in total. The highest BCUT2D eigenvalue weighted by molar-refractivity contribution is 7.80. The maximum Gasteiger partial charge on any atom is 0.253 e. The van der Waals surface area contributed by atoms with Crippen LogP contribution in [-0.4, -0.2) is 59.8 Å². The van der Waals surface area contributed by atoms with Gasteiger partial charge in [0.05, 0.1) is 20.3 Å². The Morgan fingerprint density at radius 1 is 1.00 bits per heavy atom. The van der Waals surface area contributed by atoms with E-state index in [-0.39, 0.29) is 5.56 Å². The van der Waals surface area contributed by atoms with Crippen LogP contribution in [0.2, 0.25) is 0 Å². The molecule has 0 atom stereocenters. The Morgan fingerprint density at radius 3 is 2.37 bits per heavy atom. The van der Waals surface area contributed by atoms with Crippen LogP contribution in [0.25, 0.3) is 10.9 Å². The number of pyridine rings is 1. The lowest BCUT2D eigenvalue weighted by Gasteiger charge is -2.27. The van der Waals surface area contributed by atoms with Crippen LogP contribution in [0.3, 0.4) is 0 Å². The van der Waals surface area contributed by atoms with Crippen LogP contribution in [0.1, 0.15) is 32.8 Å². The number of hydrogen-bond donors (Lipinski definition) is 2. The highest BCUT2D eigenvalue weighted by atomic mass is 32.1. The molecule has 0 saturated heterocycles. The molecule has 1 aromatic heterocycles. The number of anilines is 1. The van der Waals surface area contributed by atoms with Crippen molar-refractivity contribution >= 4 is 33.9 Å². The molecule has 35 heavy (non-hydrogen) atoms. The van der Waals surface area contributed by atoms with E-state index in [1.165, 1.54) is 0 Å². The Hall–Kier alpha value is -3.10. The second-order valence-electron chi connectivity index (χ2n) is 8.27. The van der Waals surface area contributed by atoms with Gasteiger partial charge in [0, 0.05) is 28.7 Å². The minimum absolute atomic E-state index is 0.111. The van der Waals surface area contributed by atoms with Gasteiger partial charge in [0.15, 0.2) is 5.11 Å². The van der Waals surface area contributed by atoms with E-state index in [2.05, 4.69) is 33.9 Å². The molecule has 188 valence electrons. The van der Waals surface area contributed by atoms with Gasteiger partial charge in [0.25, 0.3) is 5.56 Å². The number of hydrogen-bond acceptors (Lipinski definition) is 5. The van der Waals surface area contributed by atoms with Crippen LogP contribution in [0.4, 0.5) is 5.69 Å². The fourth-order valence-corrected chi connectivity index (χ4v) is 4.23. The van der Waals surface area contributed by atoms with Crippen molar-refractivity contribution in [3.8, 4) is 11.5 Å². The lowest BCUT2D eigenvalue weighted by atomic mass is 10.1. The van der Waals surface area contributed by atoms with E-state index in [4.69, 9.17) is 21.7 Å². The van der Waals surface area contributed by atoms with Gasteiger partial charge in [-0.15, -0.1) is 0 Å². The smallest absolute Gasteiger partial charge is 0.253 e. The summed E-state index contributed by atoms with van der Waals surface area (Å²) in [6.45, 7) is 11.1. The normalized spacial score (nSPS) is 11.0. The van der Waals surface area contributed by atoms with E-state index >= 15 is 0 Å². The average molecular weight is 497 g/mol. The predicted molar refractivity (Wildman–Crippen MR) is 148 cm³/mol. The minimum atomic E-state index is -0.111. The van der Waals surface area contributed by atoms with Crippen LogP contribution in [0.5, 0.6) is 11.5 Å². The number of nitrogens with one attached hydrogen (secondary N) is 2. The van der Waals surface area contributed by atoms with E-state index < -0.39 is 0 Å². The molecule has 0 bridgehead atoms. The number of rotatable bonds is 12. The number of benzene rings is 2. The van der Waals surface area contributed by atoms with Crippen molar-refractivity contribution in [1.29, 1.82) is 0 Å². The lowest BCUT2D eigenvalue weighted by molar-refractivity contribution is 0.281. The number of ether oxygens (including phenoxy) is 2. The third-order valence-electron chi connectivity index (χ3n) is 5.99. The van der Waals surface area contributed by atoms with Crippen LogP contribution in [0, 0.1) is 0 Å². The van der Waals surface area contributed by atoms with Gasteiger partial charge >= 0.3 is 0 Å². The number of thiocarbonyl (C=S) groups is 1. The summed E-state index contributed by atoms with van der Waals surface area (Å²) in [6.07, 6.45) is 0.937. The SMILES string of the molecule is CCOc1ccc(NC(=S)N(CCCN(CC)CC)Cc2cc3cc(OC)ccc3[nH]c2=O)cc1. The molecule has 0 amide bonds. The molecule has 0 spiro atoms. The fourth-order valence-electron chi connectivity index (χ4n) is 3.96. The van der Waals surface area contributed by atoms with Crippen molar-refractivity contribution in [3.63, 3.8) is 0 Å². The first-order chi connectivity index (χ1) is 17.0. The zero-order chi connectivity index (χ0) is 25.2. The Morgan fingerprint density at radius 2 is 1.71 bits per heavy atom.